The lowest BCUT2D eigenvalue weighted by atomic mass is 10.3. The fourth-order valence-corrected chi connectivity index (χ4v) is 3.13. The van der Waals surface area contributed by atoms with E-state index in [0.29, 0.717) is 22.6 Å². The number of nitrogens with zero attached hydrogens (tertiary/aromatic N) is 5. The summed E-state index contributed by atoms with van der Waals surface area (Å²) in [7, 11) is 0. The number of benzene rings is 1. The molecule has 0 spiro atoms. The topological polar surface area (TPSA) is 94.8 Å². The number of carbonyl (C=O) groups is 1. The lowest BCUT2D eigenvalue weighted by Gasteiger charge is -2.10. The number of nitrogens with one attached hydrogen (secondary N) is 1. The van der Waals surface area contributed by atoms with Crippen molar-refractivity contribution in [2.24, 2.45) is 0 Å². The summed E-state index contributed by atoms with van der Waals surface area (Å²) < 4.78 is 7.16. The third-order valence-corrected chi connectivity index (χ3v) is 4.45. The summed E-state index contributed by atoms with van der Waals surface area (Å²) in [6, 6.07) is 7.47. The van der Waals surface area contributed by atoms with Gasteiger partial charge in [0.15, 0.2) is 5.13 Å². The number of rotatable bonds is 7. The summed E-state index contributed by atoms with van der Waals surface area (Å²) in [5.74, 6) is 0.695. The second-order valence-corrected chi connectivity index (χ2v) is 6.29. The Balaban J connectivity index is 1.70. The summed E-state index contributed by atoms with van der Waals surface area (Å²) in [4.78, 5) is 16.0. The number of thioether (sulfide) groups is 1. The van der Waals surface area contributed by atoms with Crippen molar-refractivity contribution >= 4 is 34.1 Å². The molecule has 0 aliphatic carbocycles. The fourth-order valence-electron chi connectivity index (χ4n) is 1.90. The van der Waals surface area contributed by atoms with E-state index in [1.165, 1.54) is 23.1 Å². The van der Waals surface area contributed by atoms with Gasteiger partial charge in [-0.2, -0.15) is 4.68 Å². The van der Waals surface area contributed by atoms with Gasteiger partial charge in [0.2, 0.25) is 11.1 Å². The van der Waals surface area contributed by atoms with Gasteiger partial charge in [0.25, 0.3) is 0 Å². The van der Waals surface area contributed by atoms with Crippen molar-refractivity contribution in [1.29, 1.82) is 0 Å². The first-order valence-corrected chi connectivity index (χ1v) is 8.97. The standard InChI is InChI=1S/C14H14N6O2S2/c1-2-22-11-6-4-3-5-10(11)20-14(17-18-19-20)24-9-12(21)16-13-15-7-8-23-13/h3-8H,2,9H2,1H3,(H,15,16,21). The van der Waals surface area contributed by atoms with Gasteiger partial charge in [-0.3, -0.25) is 4.79 Å². The van der Waals surface area contributed by atoms with Crippen LogP contribution >= 0.6 is 23.1 Å². The molecule has 0 unspecified atom stereocenters. The normalized spacial score (nSPS) is 10.5. The van der Waals surface area contributed by atoms with Crippen molar-refractivity contribution in [3.8, 4) is 11.4 Å². The van der Waals surface area contributed by atoms with Gasteiger partial charge >= 0.3 is 0 Å². The van der Waals surface area contributed by atoms with Crippen LogP contribution in [-0.4, -0.2) is 43.5 Å². The lowest BCUT2D eigenvalue weighted by molar-refractivity contribution is -0.113. The van der Waals surface area contributed by atoms with Crippen molar-refractivity contribution < 1.29 is 9.53 Å². The summed E-state index contributed by atoms with van der Waals surface area (Å²) in [6.07, 6.45) is 1.64. The van der Waals surface area contributed by atoms with E-state index in [-0.39, 0.29) is 11.7 Å². The number of carbonyl (C=O) groups excluding carboxylic acids is 1. The minimum Gasteiger partial charge on any atom is -0.492 e. The molecule has 0 bridgehead atoms. The highest BCUT2D eigenvalue weighted by Gasteiger charge is 2.15. The number of tetrazole rings is 1. The molecule has 1 aromatic carbocycles. The smallest absolute Gasteiger partial charge is 0.236 e. The summed E-state index contributed by atoms with van der Waals surface area (Å²) in [5.41, 5.74) is 0.729. The van der Waals surface area contributed by atoms with E-state index in [0.717, 1.165) is 5.69 Å². The molecule has 0 aliphatic heterocycles. The molecule has 24 heavy (non-hydrogen) atoms. The van der Waals surface area contributed by atoms with Crippen LogP contribution in [0.25, 0.3) is 5.69 Å². The number of hydrogen-bond donors (Lipinski definition) is 1. The average Bonchev–Trinajstić information content (AvgIpc) is 3.25. The first-order valence-electron chi connectivity index (χ1n) is 7.10. The van der Waals surface area contributed by atoms with Gasteiger partial charge < -0.3 is 10.1 Å². The molecule has 0 radical (unpaired) electrons. The van der Waals surface area contributed by atoms with Crippen molar-refractivity contribution in [3.63, 3.8) is 0 Å². The van der Waals surface area contributed by atoms with Crippen LogP contribution in [-0.2, 0) is 4.79 Å². The second kappa shape index (κ2) is 7.88. The van der Waals surface area contributed by atoms with Crippen LogP contribution in [0.5, 0.6) is 5.75 Å². The van der Waals surface area contributed by atoms with Gasteiger partial charge in [-0.25, -0.2) is 4.98 Å². The molecule has 8 nitrogen and oxygen atoms in total. The number of anilines is 1. The third kappa shape index (κ3) is 3.89. The Hall–Kier alpha value is -2.46. The molecule has 3 rings (SSSR count). The largest absolute Gasteiger partial charge is 0.492 e. The first-order chi connectivity index (χ1) is 11.8. The maximum Gasteiger partial charge on any atom is 0.236 e. The molecule has 124 valence electrons. The van der Waals surface area contributed by atoms with Gasteiger partial charge in [-0.05, 0) is 29.5 Å². The number of para-hydroxylation sites is 2. The monoisotopic (exact) mass is 362 g/mol. The Morgan fingerprint density at radius 1 is 1.42 bits per heavy atom. The van der Waals surface area contributed by atoms with E-state index in [9.17, 15) is 4.79 Å². The van der Waals surface area contributed by atoms with E-state index in [1.54, 1.807) is 16.3 Å². The van der Waals surface area contributed by atoms with Gasteiger partial charge in [0, 0.05) is 11.6 Å². The highest BCUT2D eigenvalue weighted by molar-refractivity contribution is 7.99. The molecular formula is C14H14N6O2S2. The molecule has 0 saturated carbocycles. The number of hydrogen-bond acceptors (Lipinski definition) is 8. The zero-order valence-electron chi connectivity index (χ0n) is 12.7. The van der Waals surface area contributed by atoms with Crippen LogP contribution in [0.3, 0.4) is 0 Å². The molecular weight excluding hydrogens is 348 g/mol. The molecule has 2 aromatic heterocycles. The number of amides is 1. The maximum absolute atomic E-state index is 12.0. The van der Waals surface area contributed by atoms with Gasteiger partial charge in [0.05, 0.1) is 12.4 Å². The van der Waals surface area contributed by atoms with Crippen LogP contribution in [0.15, 0.2) is 41.0 Å². The summed E-state index contributed by atoms with van der Waals surface area (Å²) >= 11 is 2.61. The van der Waals surface area contributed by atoms with Crippen molar-refractivity contribution in [3.05, 3.63) is 35.8 Å². The highest BCUT2D eigenvalue weighted by atomic mass is 32.2. The Labute approximate surface area is 146 Å². The maximum atomic E-state index is 12.0. The third-order valence-electron chi connectivity index (χ3n) is 2.85. The fraction of sp³-hybridized carbons (Fsp3) is 0.214. The van der Waals surface area contributed by atoms with Crippen LogP contribution in [0.2, 0.25) is 0 Å². The Morgan fingerprint density at radius 3 is 3.08 bits per heavy atom. The quantitative estimate of drug-likeness (QED) is 0.644. The van der Waals surface area contributed by atoms with Gasteiger partial charge in [0.1, 0.15) is 11.4 Å². The Kier molecular flexibility index (Phi) is 5.39. The van der Waals surface area contributed by atoms with Crippen molar-refractivity contribution in [1.82, 2.24) is 25.2 Å². The predicted octanol–water partition coefficient (Wildman–Crippen LogP) is 2.25. The van der Waals surface area contributed by atoms with Crippen molar-refractivity contribution in [2.75, 3.05) is 17.7 Å². The lowest BCUT2D eigenvalue weighted by Crippen LogP contribution is -2.14. The molecule has 10 heteroatoms. The van der Waals surface area contributed by atoms with E-state index in [2.05, 4.69) is 25.8 Å². The molecule has 0 atom stereocenters. The molecule has 0 fully saturated rings. The molecule has 0 aliphatic rings. The van der Waals surface area contributed by atoms with Crippen molar-refractivity contribution in [2.45, 2.75) is 12.1 Å². The van der Waals surface area contributed by atoms with Crippen LogP contribution in [0.1, 0.15) is 6.92 Å². The average molecular weight is 362 g/mol. The number of aromatic nitrogens is 5. The van der Waals surface area contributed by atoms with Crippen LogP contribution in [0.4, 0.5) is 5.13 Å². The zero-order valence-corrected chi connectivity index (χ0v) is 14.4. The predicted molar refractivity (Wildman–Crippen MR) is 91.8 cm³/mol. The number of thiazole rings is 1. The van der Waals surface area contributed by atoms with E-state index < -0.39 is 0 Å². The number of ether oxygens (including phenoxy) is 1. The molecule has 1 N–H and O–H groups in total. The second-order valence-electron chi connectivity index (χ2n) is 4.45. The van der Waals surface area contributed by atoms with E-state index in [1.807, 2.05) is 31.2 Å². The Morgan fingerprint density at radius 2 is 2.29 bits per heavy atom. The molecule has 0 saturated heterocycles. The summed E-state index contributed by atoms with van der Waals surface area (Å²) in [6.45, 7) is 2.45. The van der Waals surface area contributed by atoms with E-state index in [4.69, 9.17) is 4.74 Å². The van der Waals surface area contributed by atoms with E-state index >= 15 is 0 Å². The first kappa shape index (κ1) is 16.4. The SMILES string of the molecule is CCOc1ccccc1-n1nnnc1SCC(=O)Nc1nccs1. The van der Waals surface area contributed by atoms with Crippen LogP contribution < -0.4 is 10.1 Å². The van der Waals surface area contributed by atoms with Gasteiger partial charge in [-0.1, -0.05) is 23.9 Å². The van der Waals surface area contributed by atoms with Crippen LogP contribution in [0, 0.1) is 0 Å². The van der Waals surface area contributed by atoms with Gasteiger partial charge in [-0.15, -0.1) is 16.4 Å². The molecule has 3 aromatic rings. The zero-order chi connectivity index (χ0) is 16.8. The Bertz CT molecular complexity index is 805. The summed E-state index contributed by atoms with van der Waals surface area (Å²) in [5, 5.41) is 17.3. The highest BCUT2D eigenvalue weighted by Crippen LogP contribution is 2.26. The minimum atomic E-state index is -0.164. The molecule has 1 amide bonds. The molecule has 2 heterocycles. The minimum absolute atomic E-state index is 0.164.